The molecule has 0 fully saturated rings. The molecule has 0 unspecified atom stereocenters. The number of aromatic hydroxyl groups is 3. The number of Topliss-reactive ketones (excluding diaryl/α,β-unsaturated/α-hetero) is 1. The van der Waals surface area contributed by atoms with Crippen molar-refractivity contribution in [3.8, 4) is 23.0 Å². The van der Waals surface area contributed by atoms with Crippen LogP contribution in [0.5, 0.6) is 23.0 Å². The molecule has 5 heteroatoms. The van der Waals surface area contributed by atoms with Crippen LogP contribution in [0, 0.1) is 0 Å². The van der Waals surface area contributed by atoms with E-state index < -0.39 is 6.10 Å². The van der Waals surface area contributed by atoms with E-state index in [1.807, 2.05) is 39.8 Å². The zero-order valence-electron chi connectivity index (χ0n) is 17.8. The molecule has 0 amide bonds. The van der Waals surface area contributed by atoms with Crippen LogP contribution in [0.2, 0.25) is 0 Å². The van der Waals surface area contributed by atoms with Crippen LogP contribution in [0.15, 0.2) is 47.6 Å². The number of allylic oxidation sites excluding steroid dienone is 4. The molecule has 3 N–H and O–H groups in total. The number of benzene rings is 2. The number of ether oxygens (including phenoxy) is 1. The number of phenols is 3. The number of phenolic OH excluding ortho intramolecular Hbond substituents is 3. The average Bonchev–Trinajstić information content (AvgIpc) is 2.66. The summed E-state index contributed by atoms with van der Waals surface area (Å²) in [6.45, 7) is 7.87. The van der Waals surface area contributed by atoms with Gasteiger partial charge in [-0.25, -0.2) is 0 Å². The van der Waals surface area contributed by atoms with E-state index in [9.17, 15) is 20.1 Å². The molecule has 0 aliphatic carbocycles. The normalized spacial score (nSPS) is 15.2. The maximum absolute atomic E-state index is 12.6. The summed E-state index contributed by atoms with van der Waals surface area (Å²) in [5.74, 6) is 0.176. The molecule has 158 valence electrons. The minimum atomic E-state index is -0.705. The van der Waals surface area contributed by atoms with Gasteiger partial charge in [-0.05, 0) is 64.3 Å². The Morgan fingerprint density at radius 3 is 2.33 bits per heavy atom. The van der Waals surface area contributed by atoms with Gasteiger partial charge >= 0.3 is 0 Å². The van der Waals surface area contributed by atoms with Gasteiger partial charge in [0.2, 0.25) is 0 Å². The Kier molecular flexibility index (Phi) is 6.20. The molecule has 3 rings (SSSR count). The van der Waals surface area contributed by atoms with Crippen molar-refractivity contribution in [3.63, 3.8) is 0 Å². The van der Waals surface area contributed by atoms with E-state index in [1.54, 1.807) is 12.1 Å². The fourth-order valence-corrected chi connectivity index (χ4v) is 3.50. The Hall–Kier alpha value is -3.21. The summed E-state index contributed by atoms with van der Waals surface area (Å²) in [4.78, 5) is 12.6. The molecule has 0 radical (unpaired) electrons. The first-order chi connectivity index (χ1) is 14.2. The number of carbonyl (C=O) groups excluding carboxylic acids is 1. The van der Waals surface area contributed by atoms with E-state index in [0.29, 0.717) is 40.8 Å². The predicted molar refractivity (Wildman–Crippen MR) is 116 cm³/mol. The first kappa shape index (κ1) is 21.5. The lowest BCUT2D eigenvalue weighted by molar-refractivity contribution is 0.0846. The lowest BCUT2D eigenvalue weighted by Crippen LogP contribution is -2.21. The predicted octanol–water partition coefficient (Wildman–Crippen LogP) is 5.53. The Morgan fingerprint density at radius 1 is 1.00 bits per heavy atom. The van der Waals surface area contributed by atoms with Crippen molar-refractivity contribution >= 4 is 5.78 Å². The van der Waals surface area contributed by atoms with Crippen LogP contribution in [0.3, 0.4) is 0 Å². The summed E-state index contributed by atoms with van der Waals surface area (Å²) in [6, 6.07) is 6.11. The summed E-state index contributed by atoms with van der Waals surface area (Å²) < 4.78 is 6.00. The summed E-state index contributed by atoms with van der Waals surface area (Å²) in [5, 5.41) is 31.6. The second-order valence-corrected chi connectivity index (χ2v) is 8.19. The molecule has 2 aromatic rings. The van der Waals surface area contributed by atoms with Crippen LogP contribution >= 0.6 is 0 Å². The van der Waals surface area contributed by atoms with Crippen molar-refractivity contribution < 1.29 is 24.9 Å². The molecule has 1 atom stereocenters. The van der Waals surface area contributed by atoms with Crippen LogP contribution < -0.4 is 4.74 Å². The second kappa shape index (κ2) is 8.66. The fourth-order valence-electron chi connectivity index (χ4n) is 3.50. The minimum Gasteiger partial charge on any atom is -0.508 e. The number of fused-ring (bicyclic) bond motifs is 1. The zero-order valence-corrected chi connectivity index (χ0v) is 17.8. The smallest absolute Gasteiger partial charge is 0.170 e. The second-order valence-electron chi connectivity index (χ2n) is 8.19. The van der Waals surface area contributed by atoms with E-state index in [-0.39, 0.29) is 29.5 Å². The highest BCUT2D eigenvalue weighted by atomic mass is 16.5. The maximum Gasteiger partial charge on any atom is 0.170 e. The summed E-state index contributed by atoms with van der Waals surface area (Å²) in [6.07, 6.45) is 4.17. The number of ketones is 1. The largest absolute Gasteiger partial charge is 0.508 e. The molecule has 0 saturated carbocycles. The van der Waals surface area contributed by atoms with Gasteiger partial charge < -0.3 is 20.1 Å². The van der Waals surface area contributed by atoms with Gasteiger partial charge in [0.15, 0.2) is 5.78 Å². The Balaban J connectivity index is 2.10. The third kappa shape index (κ3) is 4.51. The van der Waals surface area contributed by atoms with Crippen LogP contribution in [-0.4, -0.2) is 21.1 Å². The lowest BCUT2D eigenvalue weighted by Gasteiger charge is -2.27. The highest BCUT2D eigenvalue weighted by Crippen LogP contribution is 2.44. The summed E-state index contributed by atoms with van der Waals surface area (Å²) in [7, 11) is 0. The molecular weight excluding hydrogens is 380 g/mol. The van der Waals surface area contributed by atoms with Crippen molar-refractivity contribution in [2.75, 3.05) is 0 Å². The Morgan fingerprint density at radius 2 is 1.67 bits per heavy atom. The van der Waals surface area contributed by atoms with Gasteiger partial charge in [0.05, 0.1) is 12.0 Å². The number of carbonyl (C=O) groups is 1. The van der Waals surface area contributed by atoms with Crippen molar-refractivity contribution in [2.24, 2.45) is 0 Å². The number of hydrogen-bond donors (Lipinski definition) is 3. The van der Waals surface area contributed by atoms with Gasteiger partial charge in [-0.2, -0.15) is 0 Å². The molecule has 0 bridgehead atoms. The van der Waals surface area contributed by atoms with Gasteiger partial charge in [0, 0.05) is 17.2 Å². The molecule has 2 aromatic carbocycles. The topological polar surface area (TPSA) is 87.0 Å². The van der Waals surface area contributed by atoms with Crippen LogP contribution in [-0.2, 0) is 12.8 Å². The molecule has 0 spiro atoms. The van der Waals surface area contributed by atoms with E-state index in [4.69, 9.17) is 4.74 Å². The van der Waals surface area contributed by atoms with Crippen molar-refractivity contribution in [1.82, 2.24) is 0 Å². The molecule has 1 aliphatic heterocycles. The molecular formula is C25H28O5. The first-order valence-electron chi connectivity index (χ1n) is 10.0. The van der Waals surface area contributed by atoms with Crippen molar-refractivity contribution in [2.45, 2.75) is 53.1 Å². The third-order valence-electron chi connectivity index (χ3n) is 5.18. The van der Waals surface area contributed by atoms with Gasteiger partial charge in [0.1, 0.15) is 29.1 Å². The fraction of sp³-hybridized carbons (Fsp3) is 0.320. The quantitative estimate of drug-likeness (QED) is 0.567. The molecule has 0 saturated heterocycles. The van der Waals surface area contributed by atoms with E-state index in [0.717, 1.165) is 11.1 Å². The van der Waals surface area contributed by atoms with Crippen molar-refractivity contribution in [3.05, 3.63) is 69.8 Å². The van der Waals surface area contributed by atoms with E-state index in [2.05, 4.69) is 0 Å². The number of rotatable bonds is 5. The monoisotopic (exact) mass is 408 g/mol. The molecule has 5 nitrogen and oxygen atoms in total. The van der Waals surface area contributed by atoms with E-state index >= 15 is 0 Å². The van der Waals surface area contributed by atoms with Crippen molar-refractivity contribution in [1.29, 1.82) is 0 Å². The van der Waals surface area contributed by atoms with Gasteiger partial charge in [-0.3, -0.25) is 4.79 Å². The maximum atomic E-state index is 12.6. The van der Waals surface area contributed by atoms with Gasteiger partial charge in [0.25, 0.3) is 0 Å². The molecule has 1 aliphatic rings. The standard InChI is InChI=1S/C25H28O5/c1-14(2)5-7-16-11-20(25(29)19(24(16)28)9-6-15(3)4)23-13-21(27)18-10-8-17(26)12-22(18)30-23/h5-6,8,10-12,23,26,28-29H,7,9,13H2,1-4H3/t23-/m1/s1. The molecule has 30 heavy (non-hydrogen) atoms. The van der Waals surface area contributed by atoms with E-state index in [1.165, 1.54) is 12.1 Å². The van der Waals surface area contributed by atoms with Crippen LogP contribution in [0.4, 0.5) is 0 Å². The summed E-state index contributed by atoms with van der Waals surface area (Å²) >= 11 is 0. The third-order valence-corrected chi connectivity index (χ3v) is 5.18. The zero-order chi connectivity index (χ0) is 22.0. The highest BCUT2D eigenvalue weighted by Gasteiger charge is 2.31. The van der Waals surface area contributed by atoms with Crippen LogP contribution in [0.25, 0.3) is 0 Å². The number of hydrogen-bond acceptors (Lipinski definition) is 5. The molecule has 0 aromatic heterocycles. The lowest BCUT2D eigenvalue weighted by atomic mass is 9.90. The average molecular weight is 408 g/mol. The van der Waals surface area contributed by atoms with Gasteiger partial charge in [-0.1, -0.05) is 23.3 Å². The highest BCUT2D eigenvalue weighted by molar-refractivity contribution is 6.00. The minimum absolute atomic E-state index is 0.00521. The Labute approximate surface area is 177 Å². The first-order valence-corrected chi connectivity index (χ1v) is 10.0. The van der Waals surface area contributed by atoms with Crippen LogP contribution in [0.1, 0.15) is 67.3 Å². The molecule has 1 heterocycles. The Bertz CT molecular complexity index is 1040. The SMILES string of the molecule is CC(C)=CCc1cc([C@H]2CC(=O)c3ccc(O)cc3O2)c(O)c(CC=C(C)C)c1O. The van der Waals surface area contributed by atoms with Gasteiger partial charge in [-0.15, -0.1) is 0 Å². The summed E-state index contributed by atoms with van der Waals surface area (Å²) in [5.41, 5.74) is 4.14.